The lowest BCUT2D eigenvalue weighted by Crippen LogP contribution is -2.27. The predicted molar refractivity (Wildman–Crippen MR) is 104 cm³/mol. The van der Waals surface area contributed by atoms with Gasteiger partial charge in [0.2, 0.25) is 0 Å². The van der Waals surface area contributed by atoms with Crippen LogP contribution in [0.15, 0.2) is 76.8 Å². The highest BCUT2D eigenvalue weighted by atomic mass is 32.2. The second kappa shape index (κ2) is 8.68. The number of benzene rings is 2. The number of pyridine rings is 1. The molecule has 27 heavy (non-hydrogen) atoms. The maximum absolute atomic E-state index is 13.9. The number of carbonyl (C=O) groups excluding carboxylic acids is 1. The summed E-state index contributed by atoms with van der Waals surface area (Å²) in [4.78, 5) is 19.8. The van der Waals surface area contributed by atoms with Gasteiger partial charge in [0, 0.05) is 24.7 Å². The number of aromatic nitrogens is 1. The summed E-state index contributed by atoms with van der Waals surface area (Å²) < 4.78 is 18.8. The molecule has 1 amide bonds. The van der Waals surface area contributed by atoms with Crippen molar-refractivity contribution in [3.63, 3.8) is 0 Å². The molecule has 0 saturated carbocycles. The second-order valence-electron chi connectivity index (χ2n) is 5.90. The van der Waals surface area contributed by atoms with E-state index in [1.807, 2.05) is 30.3 Å². The van der Waals surface area contributed by atoms with Crippen LogP contribution in [0, 0.1) is 5.82 Å². The molecular formula is C21H19FN2O2S. The summed E-state index contributed by atoms with van der Waals surface area (Å²) in [7, 11) is 3.11. The molecule has 0 unspecified atom stereocenters. The van der Waals surface area contributed by atoms with Crippen LogP contribution in [0.1, 0.15) is 15.9 Å². The van der Waals surface area contributed by atoms with Crippen LogP contribution in [0.3, 0.4) is 0 Å². The smallest absolute Gasteiger partial charge is 0.256 e. The summed E-state index contributed by atoms with van der Waals surface area (Å²) in [5.41, 5.74) is 1.20. The van der Waals surface area contributed by atoms with Crippen LogP contribution in [0.25, 0.3) is 0 Å². The number of hydrogen-bond donors (Lipinski definition) is 0. The molecule has 3 aromatic rings. The molecule has 0 spiro atoms. The fourth-order valence-electron chi connectivity index (χ4n) is 2.59. The molecule has 1 aromatic heterocycles. The van der Waals surface area contributed by atoms with E-state index >= 15 is 0 Å². The normalized spacial score (nSPS) is 10.5. The molecule has 138 valence electrons. The number of methoxy groups -OCH3 is 1. The van der Waals surface area contributed by atoms with Gasteiger partial charge in [0.05, 0.1) is 12.7 Å². The quantitative estimate of drug-likeness (QED) is 0.622. The van der Waals surface area contributed by atoms with E-state index in [0.29, 0.717) is 16.2 Å². The number of rotatable bonds is 6. The largest absolute Gasteiger partial charge is 0.494 e. The Morgan fingerprint density at radius 2 is 1.93 bits per heavy atom. The minimum absolute atomic E-state index is 0.169. The number of nitrogens with zero attached hydrogens (tertiary/aromatic N) is 2. The molecule has 0 radical (unpaired) electrons. The Kier molecular flexibility index (Phi) is 6.08. The predicted octanol–water partition coefficient (Wildman–Crippen LogP) is 4.65. The summed E-state index contributed by atoms with van der Waals surface area (Å²) in [6, 6.07) is 17.9. The zero-order valence-corrected chi connectivity index (χ0v) is 15.9. The van der Waals surface area contributed by atoms with E-state index in [9.17, 15) is 9.18 Å². The molecule has 3 rings (SSSR count). The van der Waals surface area contributed by atoms with E-state index < -0.39 is 5.82 Å². The molecule has 4 nitrogen and oxygen atoms in total. The summed E-state index contributed by atoms with van der Waals surface area (Å²) in [6.45, 7) is 0.282. The van der Waals surface area contributed by atoms with Crippen molar-refractivity contribution in [1.29, 1.82) is 0 Å². The van der Waals surface area contributed by atoms with Crippen molar-refractivity contribution in [3.8, 4) is 5.75 Å². The molecule has 6 heteroatoms. The molecule has 2 aromatic carbocycles. The van der Waals surface area contributed by atoms with Crippen LogP contribution in [0.4, 0.5) is 4.39 Å². The highest BCUT2D eigenvalue weighted by Gasteiger charge is 2.18. The van der Waals surface area contributed by atoms with Crippen LogP contribution in [-0.4, -0.2) is 29.9 Å². The fraction of sp³-hybridized carbons (Fsp3) is 0.143. The third-order valence-electron chi connectivity index (χ3n) is 3.94. The first kappa shape index (κ1) is 18.9. The topological polar surface area (TPSA) is 42.4 Å². The Labute approximate surface area is 162 Å². The van der Waals surface area contributed by atoms with Gasteiger partial charge in [-0.15, -0.1) is 0 Å². The Balaban J connectivity index is 1.78. The van der Waals surface area contributed by atoms with Crippen molar-refractivity contribution >= 4 is 17.7 Å². The third-order valence-corrected chi connectivity index (χ3v) is 4.97. The van der Waals surface area contributed by atoms with Gasteiger partial charge in [-0.1, -0.05) is 36.0 Å². The molecule has 0 aliphatic carbocycles. The van der Waals surface area contributed by atoms with Crippen LogP contribution < -0.4 is 4.74 Å². The zero-order valence-electron chi connectivity index (χ0n) is 15.1. The maximum Gasteiger partial charge on any atom is 0.256 e. The average molecular weight is 382 g/mol. The van der Waals surface area contributed by atoms with Crippen LogP contribution in [0.2, 0.25) is 0 Å². The first-order chi connectivity index (χ1) is 13.1. The SMILES string of the molecule is COc1ccc(CN(C)C(=O)c2cccnc2Sc2ccccc2)cc1F. The Hall–Kier alpha value is -2.86. The summed E-state index contributed by atoms with van der Waals surface area (Å²) in [5, 5.41) is 0.640. The number of amides is 1. The number of halogens is 1. The summed E-state index contributed by atoms with van der Waals surface area (Å²) in [6.07, 6.45) is 1.67. The van der Waals surface area contributed by atoms with E-state index in [4.69, 9.17) is 4.74 Å². The van der Waals surface area contributed by atoms with Gasteiger partial charge < -0.3 is 9.64 Å². The molecule has 0 N–H and O–H groups in total. The molecule has 0 bridgehead atoms. The first-order valence-corrected chi connectivity index (χ1v) is 9.16. The highest BCUT2D eigenvalue weighted by Crippen LogP contribution is 2.29. The molecule has 0 saturated heterocycles. The molecule has 0 atom stereocenters. The number of carbonyl (C=O) groups is 1. The highest BCUT2D eigenvalue weighted by molar-refractivity contribution is 7.99. The van der Waals surface area contributed by atoms with Gasteiger partial charge in [-0.25, -0.2) is 9.37 Å². The lowest BCUT2D eigenvalue weighted by atomic mass is 10.2. The Morgan fingerprint density at radius 1 is 1.15 bits per heavy atom. The fourth-order valence-corrected chi connectivity index (χ4v) is 3.49. The number of ether oxygens (including phenoxy) is 1. The lowest BCUT2D eigenvalue weighted by molar-refractivity contribution is 0.0780. The van der Waals surface area contributed by atoms with Crippen LogP contribution in [-0.2, 0) is 6.54 Å². The lowest BCUT2D eigenvalue weighted by Gasteiger charge is -2.19. The molecule has 0 aliphatic heterocycles. The van der Waals surface area contributed by atoms with Crippen molar-refractivity contribution in [3.05, 3.63) is 83.8 Å². The monoisotopic (exact) mass is 382 g/mol. The van der Waals surface area contributed by atoms with Crippen molar-refractivity contribution in [2.75, 3.05) is 14.2 Å². The summed E-state index contributed by atoms with van der Waals surface area (Å²) in [5.74, 6) is -0.433. The van der Waals surface area contributed by atoms with E-state index in [1.54, 1.807) is 42.4 Å². The van der Waals surface area contributed by atoms with Gasteiger partial charge in [-0.3, -0.25) is 4.79 Å². The van der Waals surface area contributed by atoms with Crippen LogP contribution >= 0.6 is 11.8 Å². The average Bonchev–Trinajstić information content (AvgIpc) is 2.69. The zero-order chi connectivity index (χ0) is 19.2. The molecule has 0 aliphatic rings. The standard InChI is InChI=1S/C21H19FN2O2S/c1-24(14-15-10-11-19(26-2)18(22)13-15)21(25)17-9-6-12-23-20(17)27-16-7-4-3-5-8-16/h3-13H,14H2,1-2H3. The minimum Gasteiger partial charge on any atom is -0.494 e. The third kappa shape index (κ3) is 4.65. The Bertz CT molecular complexity index is 934. The Morgan fingerprint density at radius 3 is 2.63 bits per heavy atom. The van der Waals surface area contributed by atoms with Gasteiger partial charge in [-0.05, 0) is 42.0 Å². The van der Waals surface area contributed by atoms with E-state index in [0.717, 1.165) is 4.90 Å². The van der Waals surface area contributed by atoms with E-state index in [-0.39, 0.29) is 18.2 Å². The van der Waals surface area contributed by atoms with E-state index in [2.05, 4.69) is 4.98 Å². The van der Waals surface area contributed by atoms with Crippen molar-refractivity contribution < 1.29 is 13.9 Å². The van der Waals surface area contributed by atoms with Crippen LogP contribution in [0.5, 0.6) is 5.75 Å². The van der Waals surface area contributed by atoms with Gasteiger partial charge >= 0.3 is 0 Å². The first-order valence-electron chi connectivity index (χ1n) is 8.34. The minimum atomic E-state index is -0.447. The van der Waals surface area contributed by atoms with Gasteiger partial charge in [0.1, 0.15) is 5.03 Å². The second-order valence-corrected chi connectivity index (χ2v) is 6.96. The maximum atomic E-state index is 13.9. The number of hydrogen-bond acceptors (Lipinski definition) is 4. The van der Waals surface area contributed by atoms with Gasteiger partial charge in [0.25, 0.3) is 5.91 Å². The molecule has 1 heterocycles. The summed E-state index contributed by atoms with van der Waals surface area (Å²) >= 11 is 1.44. The van der Waals surface area contributed by atoms with Gasteiger partial charge in [-0.2, -0.15) is 0 Å². The molecular weight excluding hydrogens is 363 g/mol. The molecule has 0 fully saturated rings. The van der Waals surface area contributed by atoms with Gasteiger partial charge in [0.15, 0.2) is 11.6 Å². The van der Waals surface area contributed by atoms with E-state index in [1.165, 1.54) is 24.9 Å². The van der Waals surface area contributed by atoms with Crippen molar-refractivity contribution in [1.82, 2.24) is 9.88 Å². The van der Waals surface area contributed by atoms with Crippen molar-refractivity contribution in [2.45, 2.75) is 16.5 Å². The van der Waals surface area contributed by atoms with Crippen molar-refractivity contribution in [2.24, 2.45) is 0 Å².